The van der Waals surface area contributed by atoms with Crippen molar-refractivity contribution in [2.75, 3.05) is 29.3 Å². The van der Waals surface area contributed by atoms with Crippen LogP contribution in [0.4, 0.5) is 20.2 Å². The molecule has 2 fully saturated rings. The van der Waals surface area contributed by atoms with E-state index in [1.54, 1.807) is 12.1 Å². The van der Waals surface area contributed by atoms with Gasteiger partial charge >= 0.3 is 0 Å². The molecule has 3 aromatic rings. The highest BCUT2D eigenvalue weighted by Crippen LogP contribution is 2.46. The first-order valence-electron chi connectivity index (χ1n) is 11.4. The largest absolute Gasteiger partial charge is 0.366 e. The minimum Gasteiger partial charge on any atom is -0.366 e. The zero-order chi connectivity index (χ0) is 24.7. The molecule has 9 heteroatoms. The summed E-state index contributed by atoms with van der Waals surface area (Å²) < 4.78 is 32.1. The van der Waals surface area contributed by atoms with Gasteiger partial charge in [0, 0.05) is 24.5 Å². The number of benzene rings is 3. The molecule has 2 radical (unpaired) electrons. The summed E-state index contributed by atoms with van der Waals surface area (Å²) >= 11 is 7.84. The Labute approximate surface area is 214 Å². The number of para-hydroxylation sites is 1. The Morgan fingerprint density at radius 3 is 2.54 bits per heavy atom. The fraction of sp³-hybridized carbons (Fsp3) is 0.269. The van der Waals surface area contributed by atoms with Crippen molar-refractivity contribution < 1.29 is 8.78 Å². The van der Waals surface area contributed by atoms with Crippen molar-refractivity contribution >= 4 is 54.1 Å². The molecule has 1 aliphatic carbocycles. The molecular weight excluding hydrogens is 485 g/mol. The summed E-state index contributed by atoms with van der Waals surface area (Å²) in [5, 5.41) is 9.27. The maximum absolute atomic E-state index is 14.6. The molecule has 5 rings (SSSR count). The number of halogens is 3. The molecule has 0 amide bonds. The van der Waals surface area contributed by atoms with Gasteiger partial charge in [-0.3, -0.25) is 5.41 Å². The molecule has 1 saturated heterocycles. The molecule has 1 saturated carbocycles. The third-order valence-corrected chi connectivity index (χ3v) is 7.80. The maximum Gasteiger partial charge on any atom is 0.145 e. The van der Waals surface area contributed by atoms with Gasteiger partial charge in [0.2, 0.25) is 0 Å². The first-order chi connectivity index (χ1) is 16.8. The minimum absolute atomic E-state index is 0.179. The number of nitrogens with zero attached hydrogens (tertiary/aromatic N) is 2. The molecule has 1 aliphatic heterocycles. The van der Waals surface area contributed by atoms with E-state index in [1.165, 1.54) is 30.1 Å². The van der Waals surface area contributed by atoms with Crippen LogP contribution in [0.2, 0.25) is 5.02 Å². The lowest BCUT2D eigenvalue weighted by Crippen LogP contribution is -2.58. The highest BCUT2D eigenvalue weighted by molar-refractivity contribution is 8.00. The highest BCUT2D eigenvalue weighted by atomic mass is 35.5. The van der Waals surface area contributed by atoms with E-state index in [0.29, 0.717) is 42.0 Å². The number of hydrogen-bond acceptors (Lipinski definition) is 4. The lowest BCUT2D eigenvalue weighted by Gasteiger charge is -2.45. The fourth-order valence-corrected chi connectivity index (χ4v) is 5.66. The van der Waals surface area contributed by atoms with Gasteiger partial charge in [-0.2, -0.15) is 0 Å². The monoisotopic (exact) mass is 508 g/mol. The van der Waals surface area contributed by atoms with Crippen LogP contribution in [-0.2, 0) is 0 Å². The molecule has 0 atom stereocenters. The van der Waals surface area contributed by atoms with Gasteiger partial charge in [0.15, 0.2) is 0 Å². The molecule has 178 valence electrons. The predicted molar refractivity (Wildman–Crippen MR) is 142 cm³/mol. The van der Waals surface area contributed by atoms with Crippen LogP contribution in [0.15, 0.2) is 59.5 Å². The van der Waals surface area contributed by atoms with Crippen molar-refractivity contribution in [3.63, 3.8) is 0 Å². The molecule has 3 aromatic carbocycles. The van der Waals surface area contributed by atoms with Crippen molar-refractivity contribution in [1.29, 1.82) is 5.41 Å². The first-order valence-corrected chi connectivity index (χ1v) is 12.6. The van der Waals surface area contributed by atoms with Gasteiger partial charge in [0.05, 0.1) is 27.5 Å². The van der Waals surface area contributed by atoms with Crippen molar-refractivity contribution in [1.82, 2.24) is 4.90 Å². The molecule has 0 aromatic heterocycles. The van der Waals surface area contributed by atoms with E-state index in [9.17, 15) is 8.78 Å². The number of rotatable bonds is 5. The molecule has 0 unspecified atom stereocenters. The fourth-order valence-electron chi connectivity index (χ4n) is 4.71. The Morgan fingerprint density at radius 2 is 1.86 bits per heavy atom. The van der Waals surface area contributed by atoms with Gasteiger partial charge in [-0.05, 0) is 62.0 Å². The van der Waals surface area contributed by atoms with Gasteiger partial charge in [0.1, 0.15) is 25.3 Å². The molecule has 4 nitrogen and oxygen atoms in total. The minimum atomic E-state index is -0.473. The van der Waals surface area contributed by atoms with E-state index < -0.39 is 5.82 Å². The Balaban J connectivity index is 1.40. The second-order valence-corrected chi connectivity index (χ2v) is 10.4. The zero-order valence-electron chi connectivity index (χ0n) is 19.2. The predicted octanol–water partition coefficient (Wildman–Crippen LogP) is 5.52. The normalized spacial score (nSPS) is 16.5. The first kappa shape index (κ1) is 24.0. The van der Waals surface area contributed by atoms with Crippen LogP contribution in [0.1, 0.15) is 24.0 Å². The van der Waals surface area contributed by atoms with E-state index in [-0.39, 0.29) is 22.2 Å². The summed E-state index contributed by atoms with van der Waals surface area (Å²) in [5.74, 6) is -0.578. The van der Waals surface area contributed by atoms with Crippen LogP contribution >= 0.6 is 23.5 Å². The van der Waals surface area contributed by atoms with Gasteiger partial charge in [0.25, 0.3) is 0 Å². The average molecular weight is 509 g/mol. The van der Waals surface area contributed by atoms with Crippen LogP contribution in [0, 0.1) is 24.0 Å². The van der Waals surface area contributed by atoms with E-state index in [0.717, 1.165) is 23.3 Å². The van der Waals surface area contributed by atoms with Crippen LogP contribution in [0.5, 0.6) is 0 Å². The SMILES string of the molecule is [B]c1cccc(F)c1N1CCN(C(=N)c2c(Cl)cc(F)cc2NSc2ccc(C)cc2)C2(CC2)C1. The molecule has 1 spiro atoms. The quantitative estimate of drug-likeness (QED) is 0.206. The van der Waals surface area contributed by atoms with E-state index in [4.69, 9.17) is 24.9 Å². The zero-order valence-corrected chi connectivity index (χ0v) is 20.8. The summed E-state index contributed by atoms with van der Waals surface area (Å²) in [5.41, 5.74) is 2.58. The number of anilines is 2. The molecule has 2 aliphatic rings. The Morgan fingerprint density at radius 1 is 1.11 bits per heavy atom. The summed E-state index contributed by atoms with van der Waals surface area (Å²) in [7, 11) is 6.09. The lowest BCUT2D eigenvalue weighted by atomic mass is 9.92. The van der Waals surface area contributed by atoms with Crippen LogP contribution in [0.3, 0.4) is 0 Å². The number of amidine groups is 1. The third-order valence-electron chi connectivity index (χ3n) is 6.67. The van der Waals surface area contributed by atoms with Crippen LogP contribution in [-0.4, -0.2) is 43.8 Å². The van der Waals surface area contributed by atoms with Crippen LogP contribution < -0.4 is 15.1 Å². The smallest absolute Gasteiger partial charge is 0.145 e. The topological polar surface area (TPSA) is 42.4 Å². The second-order valence-electron chi connectivity index (χ2n) is 9.15. The summed E-state index contributed by atoms with van der Waals surface area (Å²) in [6, 6.07) is 15.3. The van der Waals surface area contributed by atoms with Gasteiger partial charge in [-0.25, -0.2) is 8.78 Å². The number of piperazine rings is 1. The number of aryl methyl sites for hydroxylation is 1. The van der Waals surface area contributed by atoms with Crippen molar-refractivity contribution in [2.24, 2.45) is 0 Å². The van der Waals surface area contributed by atoms with E-state index in [2.05, 4.69) is 4.72 Å². The van der Waals surface area contributed by atoms with Crippen LogP contribution in [0.25, 0.3) is 0 Å². The average Bonchev–Trinajstić information content (AvgIpc) is 3.57. The Bertz CT molecular complexity index is 1260. The number of hydrogen-bond donors (Lipinski definition) is 2. The second kappa shape index (κ2) is 9.39. The van der Waals surface area contributed by atoms with E-state index in [1.807, 2.05) is 41.0 Å². The summed E-state index contributed by atoms with van der Waals surface area (Å²) in [6.07, 6.45) is 1.75. The van der Waals surface area contributed by atoms with Crippen molar-refractivity contribution in [2.45, 2.75) is 30.2 Å². The lowest BCUT2D eigenvalue weighted by molar-refractivity contribution is 0.258. The van der Waals surface area contributed by atoms with Gasteiger partial charge in [-0.15, -0.1) is 0 Å². The Kier molecular flexibility index (Phi) is 6.44. The molecular formula is C26H24BClF2N4S. The van der Waals surface area contributed by atoms with Crippen molar-refractivity contribution in [3.8, 4) is 0 Å². The summed E-state index contributed by atoms with van der Waals surface area (Å²) in [4.78, 5) is 4.96. The number of nitrogens with one attached hydrogen (secondary N) is 2. The molecule has 1 heterocycles. The van der Waals surface area contributed by atoms with Gasteiger partial charge < -0.3 is 14.5 Å². The standard InChI is InChI=1S/C26H24BClF2N4S/c1-16-5-7-18(8-6-16)35-32-22-14-17(29)13-20(28)23(22)25(31)34-12-11-33(15-26(34)9-10-26)24-19(27)3-2-4-21(24)30/h2-8,13-14,31-32H,9-12,15H2,1H3. The van der Waals surface area contributed by atoms with Crippen molar-refractivity contribution in [3.05, 3.63) is 82.4 Å². The van der Waals surface area contributed by atoms with E-state index >= 15 is 0 Å². The highest BCUT2D eigenvalue weighted by Gasteiger charge is 2.53. The third kappa shape index (κ3) is 4.74. The maximum atomic E-state index is 14.6. The summed E-state index contributed by atoms with van der Waals surface area (Å²) in [6.45, 7) is 3.58. The molecule has 0 bridgehead atoms. The van der Waals surface area contributed by atoms with Gasteiger partial charge in [-0.1, -0.05) is 46.9 Å². The molecule has 35 heavy (non-hydrogen) atoms. The molecule has 2 N–H and O–H groups in total. The Hall–Kier alpha value is -2.71.